The maximum atomic E-state index is 4.44. The Bertz CT molecular complexity index is 345. The molecule has 1 aromatic heterocycles. The number of aryl methyl sites for hydroxylation is 2. The van der Waals surface area contributed by atoms with Gasteiger partial charge in [-0.25, -0.2) is 4.98 Å². The van der Waals surface area contributed by atoms with E-state index >= 15 is 0 Å². The highest BCUT2D eigenvalue weighted by Gasteiger charge is 2.22. The Morgan fingerprint density at radius 3 is 2.89 bits per heavy atom. The van der Waals surface area contributed by atoms with Gasteiger partial charge in [-0.2, -0.15) is 0 Å². The molecule has 1 aromatic rings. The molecule has 0 spiro atoms. The van der Waals surface area contributed by atoms with Crippen molar-refractivity contribution >= 4 is 0 Å². The molecule has 0 radical (unpaired) electrons. The largest absolute Gasteiger partial charge is 0.338 e. The maximum Gasteiger partial charge on any atom is 0.108 e. The molecule has 2 atom stereocenters. The van der Waals surface area contributed by atoms with Gasteiger partial charge < -0.3 is 9.88 Å². The lowest BCUT2D eigenvalue weighted by Gasteiger charge is -2.25. The zero-order valence-electron chi connectivity index (χ0n) is 11.9. The van der Waals surface area contributed by atoms with Gasteiger partial charge in [0, 0.05) is 31.9 Å². The van der Waals surface area contributed by atoms with Crippen molar-refractivity contribution in [2.24, 2.45) is 13.0 Å². The minimum atomic E-state index is 0.734. The first-order valence-electron chi connectivity index (χ1n) is 7.51. The van der Waals surface area contributed by atoms with Crippen LogP contribution < -0.4 is 5.32 Å². The van der Waals surface area contributed by atoms with E-state index in [1.54, 1.807) is 0 Å². The number of rotatable bonds is 5. The van der Waals surface area contributed by atoms with E-state index in [9.17, 15) is 0 Å². The fourth-order valence-corrected chi connectivity index (χ4v) is 3.21. The lowest BCUT2D eigenvalue weighted by Crippen LogP contribution is -2.35. The van der Waals surface area contributed by atoms with Gasteiger partial charge in [-0.1, -0.05) is 26.2 Å². The van der Waals surface area contributed by atoms with Crippen molar-refractivity contribution < 1.29 is 0 Å². The highest BCUT2D eigenvalue weighted by atomic mass is 15.0. The average molecular weight is 249 g/mol. The number of nitrogens with zero attached hydrogens (tertiary/aromatic N) is 2. The number of nitrogens with one attached hydrogen (secondary N) is 1. The molecule has 3 nitrogen and oxygen atoms in total. The van der Waals surface area contributed by atoms with Crippen LogP contribution in [0.25, 0.3) is 0 Å². The zero-order chi connectivity index (χ0) is 12.8. The molecule has 0 amide bonds. The molecule has 0 aliphatic heterocycles. The van der Waals surface area contributed by atoms with Gasteiger partial charge in [-0.05, 0) is 31.7 Å². The molecule has 0 bridgehead atoms. The third-order valence-electron chi connectivity index (χ3n) is 4.29. The van der Waals surface area contributed by atoms with Gasteiger partial charge in [0.1, 0.15) is 5.82 Å². The monoisotopic (exact) mass is 249 g/mol. The van der Waals surface area contributed by atoms with Gasteiger partial charge in [0.05, 0.1) is 0 Å². The quantitative estimate of drug-likeness (QED) is 0.813. The average Bonchev–Trinajstić information content (AvgIpc) is 2.64. The van der Waals surface area contributed by atoms with Crippen LogP contribution in [0, 0.1) is 5.92 Å². The molecule has 0 aromatic carbocycles. The zero-order valence-corrected chi connectivity index (χ0v) is 11.9. The third-order valence-corrected chi connectivity index (χ3v) is 4.29. The second-order valence-corrected chi connectivity index (χ2v) is 5.56. The van der Waals surface area contributed by atoms with Crippen LogP contribution >= 0.6 is 0 Å². The maximum absolute atomic E-state index is 4.44. The Morgan fingerprint density at radius 2 is 2.17 bits per heavy atom. The van der Waals surface area contributed by atoms with E-state index in [1.807, 2.05) is 12.4 Å². The lowest BCUT2D eigenvalue weighted by molar-refractivity contribution is 0.319. The van der Waals surface area contributed by atoms with Crippen molar-refractivity contribution in [3.63, 3.8) is 0 Å². The molecule has 0 saturated heterocycles. The molecule has 102 valence electrons. The fourth-order valence-electron chi connectivity index (χ4n) is 3.21. The summed E-state index contributed by atoms with van der Waals surface area (Å²) in [5, 5.41) is 3.69. The molecule has 2 unspecified atom stereocenters. The van der Waals surface area contributed by atoms with Crippen LogP contribution in [0.2, 0.25) is 0 Å². The Kier molecular flexibility index (Phi) is 5.24. The van der Waals surface area contributed by atoms with Gasteiger partial charge in [0.2, 0.25) is 0 Å². The van der Waals surface area contributed by atoms with Crippen LogP contribution in [0.1, 0.15) is 51.3 Å². The minimum Gasteiger partial charge on any atom is -0.338 e. The van der Waals surface area contributed by atoms with E-state index in [-0.39, 0.29) is 0 Å². The number of hydrogen-bond donors (Lipinski definition) is 1. The van der Waals surface area contributed by atoms with Crippen LogP contribution in [-0.2, 0) is 13.5 Å². The summed E-state index contributed by atoms with van der Waals surface area (Å²) in [6.45, 7) is 3.32. The summed E-state index contributed by atoms with van der Waals surface area (Å²) in [7, 11) is 2.09. The van der Waals surface area contributed by atoms with Crippen LogP contribution in [0.4, 0.5) is 0 Å². The van der Waals surface area contributed by atoms with Gasteiger partial charge >= 0.3 is 0 Å². The van der Waals surface area contributed by atoms with E-state index in [0.717, 1.165) is 24.9 Å². The molecule has 1 fully saturated rings. The number of imidazole rings is 1. The lowest BCUT2D eigenvalue weighted by atomic mass is 9.90. The molecule has 1 aliphatic carbocycles. The third kappa shape index (κ3) is 3.58. The van der Waals surface area contributed by atoms with Gasteiger partial charge in [-0.3, -0.25) is 0 Å². The Labute approximate surface area is 111 Å². The van der Waals surface area contributed by atoms with Crippen molar-refractivity contribution in [3.05, 3.63) is 18.2 Å². The molecular weight excluding hydrogens is 222 g/mol. The van der Waals surface area contributed by atoms with E-state index < -0.39 is 0 Å². The summed E-state index contributed by atoms with van der Waals surface area (Å²) in [5.41, 5.74) is 0. The molecule has 18 heavy (non-hydrogen) atoms. The van der Waals surface area contributed by atoms with Crippen molar-refractivity contribution in [1.29, 1.82) is 0 Å². The standard InChI is InChI=1S/C15H27N3/c1-3-16-14-8-6-4-5-7-13(14)9-10-15-17-11-12-18(15)2/h11-14,16H,3-10H2,1-2H3. The van der Waals surface area contributed by atoms with Gasteiger partial charge in [0.25, 0.3) is 0 Å². The van der Waals surface area contributed by atoms with E-state index in [1.165, 1.54) is 44.3 Å². The van der Waals surface area contributed by atoms with E-state index in [4.69, 9.17) is 0 Å². The summed E-state index contributed by atoms with van der Waals surface area (Å²) < 4.78 is 2.15. The smallest absolute Gasteiger partial charge is 0.108 e. The minimum absolute atomic E-state index is 0.734. The van der Waals surface area contributed by atoms with Gasteiger partial charge in [0.15, 0.2) is 0 Å². The van der Waals surface area contributed by atoms with Crippen LogP contribution in [0.3, 0.4) is 0 Å². The van der Waals surface area contributed by atoms with E-state index in [2.05, 4.69) is 28.8 Å². The Morgan fingerprint density at radius 1 is 1.33 bits per heavy atom. The normalized spacial score (nSPS) is 25.0. The highest BCUT2D eigenvalue weighted by molar-refractivity contribution is 4.92. The molecule has 2 rings (SSSR count). The number of hydrogen-bond acceptors (Lipinski definition) is 2. The SMILES string of the molecule is CCNC1CCCCCC1CCc1nccn1C. The molecule has 1 heterocycles. The van der Waals surface area contributed by atoms with Crippen molar-refractivity contribution in [1.82, 2.24) is 14.9 Å². The fraction of sp³-hybridized carbons (Fsp3) is 0.800. The molecule has 1 saturated carbocycles. The predicted octanol–water partition coefficient (Wildman–Crippen LogP) is 2.91. The summed E-state index contributed by atoms with van der Waals surface area (Å²) in [5.74, 6) is 2.07. The first-order chi connectivity index (χ1) is 8.81. The summed E-state index contributed by atoms with van der Waals surface area (Å²) in [6.07, 6.45) is 13.3. The first-order valence-corrected chi connectivity index (χ1v) is 7.51. The summed E-state index contributed by atoms with van der Waals surface area (Å²) >= 11 is 0. The van der Waals surface area contributed by atoms with Crippen molar-refractivity contribution in [2.75, 3.05) is 6.54 Å². The van der Waals surface area contributed by atoms with Crippen LogP contribution in [-0.4, -0.2) is 22.1 Å². The first kappa shape index (κ1) is 13.6. The van der Waals surface area contributed by atoms with E-state index in [0.29, 0.717) is 0 Å². The predicted molar refractivity (Wildman–Crippen MR) is 75.6 cm³/mol. The van der Waals surface area contributed by atoms with Crippen LogP contribution in [0.5, 0.6) is 0 Å². The highest BCUT2D eigenvalue weighted by Crippen LogP contribution is 2.27. The Balaban J connectivity index is 1.90. The van der Waals surface area contributed by atoms with Gasteiger partial charge in [-0.15, -0.1) is 0 Å². The molecular formula is C15H27N3. The van der Waals surface area contributed by atoms with Crippen molar-refractivity contribution in [3.8, 4) is 0 Å². The summed E-state index contributed by atoms with van der Waals surface area (Å²) in [6, 6.07) is 0.734. The van der Waals surface area contributed by atoms with Crippen LogP contribution in [0.15, 0.2) is 12.4 Å². The molecule has 1 aliphatic rings. The summed E-state index contributed by atoms with van der Waals surface area (Å²) in [4.78, 5) is 4.44. The molecule has 3 heteroatoms. The second-order valence-electron chi connectivity index (χ2n) is 5.56. The Hall–Kier alpha value is -0.830. The molecule has 1 N–H and O–H groups in total. The second kappa shape index (κ2) is 6.93. The van der Waals surface area contributed by atoms with Crippen molar-refractivity contribution in [2.45, 2.75) is 57.9 Å². The topological polar surface area (TPSA) is 29.9 Å². The number of aromatic nitrogens is 2.